The molecule has 0 atom stereocenters. The van der Waals surface area contributed by atoms with Crippen molar-refractivity contribution in [2.45, 2.75) is 18.6 Å². The molecule has 1 heterocycles. The Morgan fingerprint density at radius 3 is 2.42 bits per heavy atom. The summed E-state index contributed by atoms with van der Waals surface area (Å²) in [6.45, 7) is 4.60. The number of rotatable bonds is 6. The van der Waals surface area contributed by atoms with Gasteiger partial charge in [-0.25, -0.2) is 12.7 Å². The molecule has 1 amide bonds. The van der Waals surface area contributed by atoms with Crippen LogP contribution in [0, 0.1) is 5.92 Å². The number of nitrogens with one attached hydrogen (secondary N) is 1. The summed E-state index contributed by atoms with van der Waals surface area (Å²) >= 11 is 12.1. The van der Waals surface area contributed by atoms with Crippen molar-refractivity contribution in [2.75, 3.05) is 19.6 Å². The molecule has 8 heteroatoms. The normalized spacial score (nSPS) is 16.8. The van der Waals surface area contributed by atoms with Crippen LogP contribution in [-0.4, -0.2) is 38.3 Å². The van der Waals surface area contributed by atoms with E-state index in [1.807, 2.05) is 0 Å². The number of sulfonamides is 1. The number of carbonyl (C=O) groups is 1. The van der Waals surface area contributed by atoms with Crippen molar-refractivity contribution >= 4 is 39.1 Å². The zero-order valence-corrected chi connectivity index (χ0v) is 15.5. The maximum Gasteiger partial charge on any atom is 0.223 e. The van der Waals surface area contributed by atoms with Gasteiger partial charge in [0.1, 0.15) is 0 Å². The van der Waals surface area contributed by atoms with Crippen LogP contribution in [0.2, 0.25) is 10.0 Å². The largest absolute Gasteiger partial charge is 0.352 e. The topological polar surface area (TPSA) is 66.5 Å². The minimum absolute atomic E-state index is 0.0545. The predicted octanol–water partition coefficient (Wildman–Crippen LogP) is 2.84. The lowest BCUT2D eigenvalue weighted by Crippen LogP contribution is -2.43. The van der Waals surface area contributed by atoms with E-state index in [0.717, 1.165) is 0 Å². The lowest BCUT2D eigenvalue weighted by molar-refractivity contribution is -0.125. The third-order valence-electron chi connectivity index (χ3n) is 4.03. The molecular weight excluding hydrogens is 371 g/mol. The van der Waals surface area contributed by atoms with Crippen LogP contribution in [0.1, 0.15) is 18.4 Å². The van der Waals surface area contributed by atoms with Crippen molar-refractivity contribution in [3.8, 4) is 0 Å². The number of hydrogen-bond acceptors (Lipinski definition) is 3. The lowest BCUT2D eigenvalue weighted by Gasteiger charge is -2.30. The number of benzene rings is 1. The molecule has 1 N–H and O–H groups in total. The molecule has 1 aromatic carbocycles. The van der Waals surface area contributed by atoms with Crippen LogP contribution in [0.3, 0.4) is 0 Å². The summed E-state index contributed by atoms with van der Waals surface area (Å²) in [4.78, 5) is 11.9. The summed E-state index contributed by atoms with van der Waals surface area (Å²) in [7, 11) is -3.53. The maximum atomic E-state index is 12.6. The average Bonchev–Trinajstić information content (AvgIpc) is 2.56. The van der Waals surface area contributed by atoms with E-state index in [-0.39, 0.29) is 17.6 Å². The van der Waals surface area contributed by atoms with E-state index < -0.39 is 10.0 Å². The molecule has 2 rings (SSSR count). The van der Waals surface area contributed by atoms with Gasteiger partial charge in [-0.15, -0.1) is 6.58 Å². The molecule has 0 saturated carbocycles. The zero-order chi connectivity index (χ0) is 17.7. The number of hydrogen-bond donors (Lipinski definition) is 1. The lowest BCUT2D eigenvalue weighted by atomic mass is 9.97. The highest BCUT2D eigenvalue weighted by molar-refractivity contribution is 7.88. The van der Waals surface area contributed by atoms with Gasteiger partial charge in [0.25, 0.3) is 0 Å². The van der Waals surface area contributed by atoms with E-state index >= 15 is 0 Å². The Labute approximate surface area is 152 Å². The van der Waals surface area contributed by atoms with Crippen molar-refractivity contribution in [2.24, 2.45) is 5.92 Å². The van der Waals surface area contributed by atoms with Gasteiger partial charge in [-0.1, -0.05) is 35.3 Å². The summed E-state index contributed by atoms with van der Waals surface area (Å²) in [5.41, 5.74) is 0.409. The fourth-order valence-corrected chi connectivity index (χ4v) is 4.97. The summed E-state index contributed by atoms with van der Waals surface area (Å²) < 4.78 is 26.6. The quantitative estimate of drug-likeness (QED) is 0.759. The third kappa shape index (κ3) is 4.72. The van der Waals surface area contributed by atoms with Gasteiger partial charge in [0, 0.05) is 41.2 Å². The van der Waals surface area contributed by atoms with Crippen LogP contribution >= 0.6 is 23.2 Å². The molecular formula is C16H20Cl2N2O3S. The van der Waals surface area contributed by atoms with Gasteiger partial charge in [0.05, 0.1) is 5.75 Å². The molecule has 132 valence electrons. The summed E-state index contributed by atoms with van der Waals surface area (Å²) in [5.74, 6) is -0.458. The molecule has 0 aromatic heterocycles. The molecule has 5 nitrogen and oxygen atoms in total. The van der Waals surface area contributed by atoms with E-state index in [2.05, 4.69) is 11.9 Å². The minimum atomic E-state index is -3.53. The van der Waals surface area contributed by atoms with E-state index in [1.165, 1.54) is 4.31 Å². The van der Waals surface area contributed by atoms with Crippen LogP contribution < -0.4 is 5.32 Å². The summed E-state index contributed by atoms with van der Waals surface area (Å²) in [5, 5.41) is 3.43. The average molecular weight is 391 g/mol. The second kappa shape index (κ2) is 8.34. The highest BCUT2D eigenvalue weighted by atomic mass is 35.5. The molecule has 1 fully saturated rings. The van der Waals surface area contributed by atoms with Crippen LogP contribution in [0.4, 0.5) is 0 Å². The second-order valence-electron chi connectivity index (χ2n) is 5.66. The molecule has 24 heavy (non-hydrogen) atoms. The van der Waals surface area contributed by atoms with Gasteiger partial charge < -0.3 is 5.32 Å². The van der Waals surface area contributed by atoms with Gasteiger partial charge in [0.2, 0.25) is 15.9 Å². The SMILES string of the molecule is C=CCNC(=O)C1CCN(S(=O)(=O)Cc2c(Cl)cccc2Cl)CC1. The summed E-state index contributed by atoms with van der Waals surface area (Å²) in [6.07, 6.45) is 2.61. The second-order valence-corrected chi connectivity index (χ2v) is 8.45. The molecule has 1 aliphatic rings. The van der Waals surface area contributed by atoms with Gasteiger partial charge in [-0.05, 0) is 25.0 Å². The first-order valence-electron chi connectivity index (χ1n) is 7.64. The Balaban J connectivity index is 2.00. The standard InChI is InChI=1S/C16H20Cl2N2O3S/c1-2-8-19-16(21)12-6-9-20(10-7-12)24(22,23)11-13-14(17)4-3-5-15(13)18/h2-5,12H,1,6-11H2,(H,19,21). The fourth-order valence-electron chi connectivity index (χ4n) is 2.66. The molecule has 1 aromatic rings. The van der Waals surface area contributed by atoms with Crippen LogP contribution in [0.25, 0.3) is 0 Å². The smallest absolute Gasteiger partial charge is 0.223 e. The molecule has 0 aliphatic carbocycles. The van der Waals surface area contributed by atoms with Crippen LogP contribution in [0.15, 0.2) is 30.9 Å². The number of piperidine rings is 1. The molecule has 0 bridgehead atoms. The van der Waals surface area contributed by atoms with E-state index in [9.17, 15) is 13.2 Å². The number of amides is 1. The maximum absolute atomic E-state index is 12.6. The van der Waals surface area contributed by atoms with Gasteiger partial charge in [-0.3, -0.25) is 4.79 Å². The van der Waals surface area contributed by atoms with E-state index in [4.69, 9.17) is 23.2 Å². The minimum Gasteiger partial charge on any atom is -0.352 e. The molecule has 0 radical (unpaired) electrons. The van der Waals surface area contributed by atoms with Crippen molar-refractivity contribution in [3.05, 3.63) is 46.5 Å². The summed E-state index contributed by atoms with van der Waals surface area (Å²) in [6, 6.07) is 4.91. The first-order valence-corrected chi connectivity index (χ1v) is 10.0. The van der Waals surface area contributed by atoms with Crippen molar-refractivity contribution in [3.63, 3.8) is 0 Å². The highest BCUT2D eigenvalue weighted by Gasteiger charge is 2.31. The molecule has 1 aliphatic heterocycles. The van der Waals surface area contributed by atoms with Crippen molar-refractivity contribution in [1.29, 1.82) is 0 Å². The van der Waals surface area contributed by atoms with Crippen LogP contribution in [-0.2, 0) is 20.6 Å². The zero-order valence-electron chi connectivity index (χ0n) is 13.2. The van der Waals surface area contributed by atoms with Gasteiger partial charge in [0.15, 0.2) is 0 Å². The molecule has 0 unspecified atom stereocenters. The first kappa shape index (κ1) is 19.2. The van der Waals surface area contributed by atoms with Gasteiger partial charge >= 0.3 is 0 Å². The van der Waals surface area contributed by atoms with Crippen LogP contribution in [0.5, 0.6) is 0 Å². The van der Waals surface area contributed by atoms with Crippen molar-refractivity contribution < 1.29 is 13.2 Å². The third-order valence-corrected chi connectivity index (χ3v) is 6.54. The Morgan fingerprint density at radius 2 is 1.88 bits per heavy atom. The van der Waals surface area contributed by atoms with E-state index in [1.54, 1.807) is 24.3 Å². The number of halogens is 2. The fraction of sp³-hybridized carbons (Fsp3) is 0.438. The Bertz CT molecular complexity index is 694. The molecule has 0 spiro atoms. The first-order chi connectivity index (χ1) is 11.3. The number of carbonyl (C=O) groups excluding carboxylic acids is 1. The Hall–Kier alpha value is -1.08. The monoisotopic (exact) mass is 390 g/mol. The van der Waals surface area contributed by atoms with E-state index in [0.29, 0.717) is 48.1 Å². The highest BCUT2D eigenvalue weighted by Crippen LogP contribution is 2.28. The molecule has 1 saturated heterocycles. The Kier molecular flexibility index (Phi) is 6.69. The Morgan fingerprint density at radius 1 is 1.29 bits per heavy atom. The number of nitrogens with zero attached hydrogens (tertiary/aromatic N) is 1. The predicted molar refractivity (Wildman–Crippen MR) is 96.6 cm³/mol. The van der Waals surface area contributed by atoms with Gasteiger partial charge in [-0.2, -0.15) is 0 Å². The van der Waals surface area contributed by atoms with Crippen molar-refractivity contribution in [1.82, 2.24) is 9.62 Å².